The molecule has 0 unspecified atom stereocenters. The lowest BCUT2D eigenvalue weighted by molar-refractivity contribution is -0.137. The molecule has 0 radical (unpaired) electrons. The van der Waals surface area contributed by atoms with E-state index in [9.17, 15) is 27.2 Å². The minimum absolute atomic E-state index is 0.00657. The van der Waals surface area contributed by atoms with Gasteiger partial charge >= 0.3 is 12.1 Å². The Kier molecular flexibility index (Phi) is 7.23. The average molecular weight is 555 g/mol. The number of thiophene rings is 1. The zero-order chi connectivity index (χ0) is 26.9. The molecule has 4 aromatic rings. The number of benzene rings is 2. The number of amides is 1. The minimum atomic E-state index is -4.74. The van der Waals surface area contributed by atoms with Crippen LogP contribution in [0.2, 0.25) is 5.02 Å². The van der Waals surface area contributed by atoms with E-state index in [4.69, 9.17) is 20.9 Å². The van der Waals surface area contributed by atoms with Gasteiger partial charge in [0, 0.05) is 0 Å². The van der Waals surface area contributed by atoms with Crippen molar-refractivity contribution in [2.45, 2.75) is 13.1 Å². The van der Waals surface area contributed by atoms with Crippen molar-refractivity contribution >= 4 is 40.5 Å². The largest absolute Gasteiger partial charge is 0.465 e. The van der Waals surface area contributed by atoms with Crippen molar-refractivity contribution in [3.8, 4) is 22.8 Å². The summed E-state index contributed by atoms with van der Waals surface area (Å²) in [5, 5.41) is 7.54. The molecule has 7 nitrogen and oxygen atoms in total. The van der Waals surface area contributed by atoms with Crippen LogP contribution in [0.25, 0.3) is 11.3 Å². The number of hydrogen-bond donors (Lipinski definition) is 1. The molecular weight excluding hydrogens is 540 g/mol. The number of anilines is 1. The summed E-state index contributed by atoms with van der Waals surface area (Å²) in [5.74, 6) is -2.70. The van der Waals surface area contributed by atoms with Gasteiger partial charge in [0.15, 0.2) is 16.4 Å². The molecule has 0 fully saturated rings. The number of halogens is 5. The number of hydrogen-bond acceptors (Lipinski definition) is 7. The molecule has 0 aliphatic rings. The molecule has 0 saturated carbocycles. The molecule has 1 N–H and O–H groups in total. The fraction of sp³-hybridized carbons (Fsp3) is 0.125. The highest BCUT2D eigenvalue weighted by Gasteiger charge is 2.32. The van der Waals surface area contributed by atoms with Gasteiger partial charge in [-0.25, -0.2) is 9.18 Å². The molecular formula is C24H15ClF4N2O5S. The van der Waals surface area contributed by atoms with Crippen molar-refractivity contribution in [2.75, 3.05) is 12.4 Å². The summed E-state index contributed by atoms with van der Waals surface area (Å²) in [6.45, 7) is 1.37. The smallest absolute Gasteiger partial charge is 0.416 e. The van der Waals surface area contributed by atoms with E-state index in [0.717, 1.165) is 36.6 Å². The Labute approximate surface area is 215 Å². The number of nitrogens with zero attached hydrogens (tertiary/aromatic N) is 1. The van der Waals surface area contributed by atoms with E-state index in [-0.39, 0.29) is 49.7 Å². The van der Waals surface area contributed by atoms with Gasteiger partial charge in [-0.05, 0) is 48.7 Å². The number of aromatic nitrogens is 1. The number of nitrogens with one attached hydrogen (secondary N) is 1. The number of ether oxygens (including phenoxy) is 2. The second kappa shape index (κ2) is 10.2. The van der Waals surface area contributed by atoms with Gasteiger partial charge < -0.3 is 19.3 Å². The Bertz CT molecular complexity index is 1480. The third-order valence-corrected chi connectivity index (χ3v) is 6.25. The van der Waals surface area contributed by atoms with E-state index in [2.05, 4.69) is 15.2 Å². The molecule has 13 heteroatoms. The Morgan fingerprint density at radius 3 is 2.57 bits per heavy atom. The van der Waals surface area contributed by atoms with Gasteiger partial charge in [0.25, 0.3) is 5.91 Å². The Morgan fingerprint density at radius 2 is 1.89 bits per heavy atom. The topological polar surface area (TPSA) is 90.7 Å². The lowest BCUT2D eigenvalue weighted by Crippen LogP contribution is -2.15. The first-order valence-corrected chi connectivity index (χ1v) is 11.5. The molecule has 0 bridgehead atoms. The molecule has 192 valence electrons. The predicted octanol–water partition coefficient (Wildman–Crippen LogP) is 7.35. The van der Waals surface area contributed by atoms with E-state index >= 15 is 0 Å². The zero-order valence-corrected chi connectivity index (χ0v) is 20.5. The van der Waals surface area contributed by atoms with E-state index in [0.29, 0.717) is 6.07 Å². The van der Waals surface area contributed by atoms with E-state index in [1.165, 1.54) is 30.5 Å². The Morgan fingerprint density at radius 1 is 1.14 bits per heavy atom. The maximum atomic E-state index is 14.5. The second-order valence-electron chi connectivity index (χ2n) is 7.43. The second-order valence-corrected chi connectivity index (χ2v) is 8.75. The summed E-state index contributed by atoms with van der Waals surface area (Å²) in [6.07, 6.45) is -4.74. The maximum Gasteiger partial charge on any atom is 0.416 e. The third kappa shape index (κ3) is 5.30. The highest BCUT2D eigenvalue weighted by atomic mass is 35.5. The first-order valence-electron chi connectivity index (χ1n) is 10.3. The standard InChI is InChI=1S/C24H15ClF4N2O5S/c1-11-18(20(31-36-11)19-13(25)4-3-5-14(19)26)22(32)30-15-10-12(24(27,28)29)6-7-16(15)35-17-8-9-37-21(17)23(33)34-2/h3-10H,1-2H3,(H,30,32). The molecule has 0 aliphatic carbocycles. The van der Waals surface area contributed by atoms with Crippen LogP contribution in [-0.4, -0.2) is 24.1 Å². The van der Waals surface area contributed by atoms with Crippen LogP contribution in [0, 0.1) is 12.7 Å². The normalized spacial score (nSPS) is 11.3. The summed E-state index contributed by atoms with van der Waals surface area (Å²) in [5.41, 5.74) is -2.16. The monoisotopic (exact) mass is 554 g/mol. The number of methoxy groups -OCH3 is 1. The van der Waals surface area contributed by atoms with Gasteiger partial charge in [-0.15, -0.1) is 11.3 Å². The Hall–Kier alpha value is -3.90. The SMILES string of the molecule is COC(=O)c1sccc1Oc1ccc(C(F)(F)F)cc1NC(=O)c1c(-c2c(F)cccc2Cl)noc1C. The lowest BCUT2D eigenvalue weighted by atomic mass is 10.0. The fourth-order valence-electron chi connectivity index (χ4n) is 3.35. The van der Waals surface area contributed by atoms with E-state index in [1.807, 2.05) is 0 Å². The molecule has 2 aromatic carbocycles. The quantitative estimate of drug-likeness (QED) is 0.198. The molecule has 0 aliphatic heterocycles. The molecule has 0 spiro atoms. The van der Waals surface area contributed by atoms with Gasteiger partial charge in [0.2, 0.25) is 0 Å². The highest BCUT2D eigenvalue weighted by Crippen LogP contribution is 2.40. The molecule has 37 heavy (non-hydrogen) atoms. The van der Waals surface area contributed by atoms with Gasteiger partial charge in [0.1, 0.15) is 22.8 Å². The van der Waals surface area contributed by atoms with Gasteiger partial charge in [-0.3, -0.25) is 4.79 Å². The molecule has 2 heterocycles. The third-order valence-electron chi connectivity index (χ3n) is 5.06. The van der Waals surface area contributed by atoms with Crippen LogP contribution >= 0.6 is 22.9 Å². The number of aryl methyl sites for hydroxylation is 1. The molecule has 0 atom stereocenters. The highest BCUT2D eigenvalue weighted by molar-refractivity contribution is 7.12. The van der Waals surface area contributed by atoms with E-state index < -0.39 is 29.4 Å². The predicted molar refractivity (Wildman–Crippen MR) is 127 cm³/mol. The van der Waals surface area contributed by atoms with Crippen molar-refractivity contribution in [1.29, 1.82) is 0 Å². The summed E-state index contributed by atoms with van der Waals surface area (Å²) in [7, 11) is 1.16. The van der Waals surface area contributed by atoms with Crippen molar-refractivity contribution in [3.05, 3.63) is 80.4 Å². The minimum Gasteiger partial charge on any atom is -0.465 e. The van der Waals surface area contributed by atoms with Crippen LogP contribution in [0.3, 0.4) is 0 Å². The number of carbonyl (C=O) groups is 2. The van der Waals surface area contributed by atoms with Gasteiger partial charge in [0.05, 0.1) is 28.9 Å². The van der Waals surface area contributed by atoms with Crippen LogP contribution in [0.4, 0.5) is 23.2 Å². The summed E-state index contributed by atoms with van der Waals surface area (Å²) in [6, 6.07) is 7.66. The van der Waals surface area contributed by atoms with Crippen LogP contribution < -0.4 is 10.1 Å². The summed E-state index contributed by atoms with van der Waals surface area (Å²) in [4.78, 5) is 25.3. The number of esters is 1. The van der Waals surface area contributed by atoms with Crippen molar-refractivity contribution in [2.24, 2.45) is 0 Å². The first-order chi connectivity index (χ1) is 17.5. The molecule has 2 aromatic heterocycles. The van der Waals surface area contributed by atoms with Crippen LogP contribution in [-0.2, 0) is 10.9 Å². The number of rotatable bonds is 6. The average Bonchev–Trinajstić information content (AvgIpc) is 3.45. The lowest BCUT2D eigenvalue weighted by Gasteiger charge is -2.15. The van der Waals surface area contributed by atoms with Crippen LogP contribution in [0.15, 0.2) is 52.4 Å². The summed E-state index contributed by atoms with van der Waals surface area (Å²) >= 11 is 7.10. The van der Waals surface area contributed by atoms with Gasteiger partial charge in [-0.2, -0.15) is 13.2 Å². The number of alkyl halides is 3. The van der Waals surface area contributed by atoms with Crippen molar-refractivity contribution < 1.29 is 41.1 Å². The fourth-order valence-corrected chi connectivity index (χ4v) is 4.34. The first kappa shape index (κ1) is 26.2. The number of carbonyl (C=O) groups excluding carboxylic acids is 2. The molecule has 4 rings (SSSR count). The Balaban J connectivity index is 1.76. The van der Waals surface area contributed by atoms with E-state index in [1.54, 1.807) is 0 Å². The van der Waals surface area contributed by atoms with Crippen LogP contribution in [0.5, 0.6) is 11.5 Å². The maximum absolute atomic E-state index is 14.5. The van der Waals surface area contributed by atoms with Crippen molar-refractivity contribution in [3.63, 3.8) is 0 Å². The van der Waals surface area contributed by atoms with Gasteiger partial charge in [-0.1, -0.05) is 22.8 Å². The zero-order valence-electron chi connectivity index (χ0n) is 18.9. The molecule has 0 saturated heterocycles. The molecule has 1 amide bonds. The summed E-state index contributed by atoms with van der Waals surface area (Å²) < 4.78 is 70.3. The van der Waals surface area contributed by atoms with Crippen LogP contribution in [0.1, 0.15) is 31.4 Å². The van der Waals surface area contributed by atoms with Crippen molar-refractivity contribution in [1.82, 2.24) is 5.16 Å².